The van der Waals surface area contributed by atoms with Crippen LogP contribution in [0.4, 0.5) is 5.69 Å². The van der Waals surface area contributed by atoms with Crippen molar-refractivity contribution in [3.63, 3.8) is 0 Å². The van der Waals surface area contributed by atoms with Gasteiger partial charge < -0.3 is 9.26 Å². The Kier molecular flexibility index (Phi) is 5.22. The molecule has 1 amide bonds. The Morgan fingerprint density at radius 3 is 2.62 bits per heavy atom. The SMILES string of the molecule is Cc1noc(C)c1COc1cccc(C(=O)NN(C)c2ccccc2)c1. The fourth-order valence-corrected chi connectivity index (χ4v) is 2.52. The van der Waals surface area contributed by atoms with Crippen molar-refractivity contribution in [2.45, 2.75) is 20.5 Å². The minimum absolute atomic E-state index is 0.209. The molecule has 1 N–H and O–H groups in total. The van der Waals surface area contributed by atoms with Crippen molar-refractivity contribution >= 4 is 11.6 Å². The first kappa shape index (κ1) is 17.5. The third-order valence-corrected chi connectivity index (χ3v) is 4.07. The summed E-state index contributed by atoms with van der Waals surface area (Å²) in [7, 11) is 1.80. The van der Waals surface area contributed by atoms with Crippen LogP contribution in [0.25, 0.3) is 0 Å². The molecule has 2 aromatic carbocycles. The van der Waals surface area contributed by atoms with Gasteiger partial charge in [0.15, 0.2) is 0 Å². The van der Waals surface area contributed by atoms with E-state index in [0.29, 0.717) is 17.9 Å². The van der Waals surface area contributed by atoms with Crippen LogP contribution in [0.3, 0.4) is 0 Å². The van der Waals surface area contributed by atoms with Gasteiger partial charge in [-0.2, -0.15) is 0 Å². The Hall–Kier alpha value is -3.28. The van der Waals surface area contributed by atoms with Gasteiger partial charge in [0.1, 0.15) is 18.1 Å². The second kappa shape index (κ2) is 7.74. The summed E-state index contributed by atoms with van der Waals surface area (Å²) in [6.07, 6.45) is 0. The summed E-state index contributed by atoms with van der Waals surface area (Å²) >= 11 is 0. The molecule has 0 aliphatic heterocycles. The summed E-state index contributed by atoms with van der Waals surface area (Å²) in [5, 5.41) is 5.59. The smallest absolute Gasteiger partial charge is 0.269 e. The van der Waals surface area contributed by atoms with Crippen LogP contribution in [0.2, 0.25) is 0 Å². The topological polar surface area (TPSA) is 67.6 Å². The van der Waals surface area contributed by atoms with E-state index >= 15 is 0 Å². The number of hydrazine groups is 1. The van der Waals surface area contributed by atoms with E-state index < -0.39 is 0 Å². The van der Waals surface area contributed by atoms with Gasteiger partial charge in [0, 0.05) is 12.6 Å². The average Bonchev–Trinajstić information content (AvgIpc) is 2.98. The molecule has 0 radical (unpaired) electrons. The van der Waals surface area contributed by atoms with E-state index in [9.17, 15) is 4.79 Å². The molecule has 0 aliphatic carbocycles. The van der Waals surface area contributed by atoms with E-state index in [0.717, 1.165) is 22.7 Å². The van der Waals surface area contributed by atoms with Gasteiger partial charge >= 0.3 is 0 Å². The maximum absolute atomic E-state index is 12.5. The minimum atomic E-state index is -0.209. The predicted molar refractivity (Wildman–Crippen MR) is 99.1 cm³/mol. The number of carbonyl (C=O) groups excluding carboxylic acids is 1. The molecular weight excluding hydrogens is 330 g/mol. The highest BCUT2D eigenvalue weighted by Gasteiger charge is 2.12. The highest BCUT2D eigenvalue weighted by atomic mass is 16.5. The van der Waals surface area contributed by atoms with Crippen molar-refractivity contribution in [1.29, 1.82) is 0 Å². The first-order chi connectivity index (χ1) is 12.5. The summed E-state index contributed by atoms with van der Waals surface area (Å²) in [4.78, 5) is 12.5. The maximum Gasteiger partial charge on any atom is 0.269 e. The van der Waals surface area contributed by atoms with Crippen LogP contribution in [0.1, 0.15) is 27.4 Å². The van der Waals surface area contributed by atoms with Gasteiger partial charge in [-0.3, -0.25) is 15.2 Å². The summed E-state index contributed by atoms with van der Waals surface area (Å²) < 4.78 is 10.9. The molecule has 0 spiro atoms. The second-order valence-corrected chi connectivity index (χ2v) is 5.95. The van der Waals surface area contributed by atoms with Crippen LogP contribution in [0.5, 0.6) is 5.75 Å². The number of aryl methyl sites for hydroxylation is 2. The number of amides is 1. The van der Waals surface area contributed by atoms with Crippen molar-refractivity contribution in [3.05, 3.63) is 77.2 Å². The number of benzene rings is 2. The van der Waals surface area contributed by atoms with Crippen LogP contribution in [-0.4, -0.2) is 18.1 Å². The Balaban J connectivity index is 1.66. The quantitative estimate of drug-likeness (QED) is 0.687. The number of nitrogens with one attached hydrogen (secondary N) is 1. The number of para-hydroxylation sites is 1. The zero-order valence-electron chi connectivity index (χ0n) is 15.0. The number of ether oxygens (including phenoxy) is 1. The van der Waals surface area contributed by atoms with E-state index in [1.807, 2.05) is 50.2 Å². The third-order valence-electron chi connectivity index (χ3n) is 4.07. The van der Waals surface area contributed by atoms with Crippen molar-refractivity contribution in [1.82, 2.24) is 10.6 Å². The van der Waals surface area contributed by atoms with E-state index in [2.05, 4.69) is 10.6 Å². The summed E-state index contributed by atoms with van der Waals surface area (Å²) in [6, 6.07) is 16.7. The zero-order valence-corrected chi connectivity index (χ0v) is 15.0. The number of hydrogen-bond donors (Lipinski definition) is 1. The molecule has 1 aromatic heterocycles. The lowest BCUT2D eigenvalue weighted by molar-refractivity contribution is 0.0951. The van der Waals surface area contributed by atoms with Crippen LogP contribution in [0, 0.1) is 13.8 Å². The fourth-order valence-electron chi connectivity index (χ4n) is 2.52. The van der Waals surface area contributed by atoms with E-state index in [1.54, 1.807) is 30.3 Å². The van der Waals surface area contributed by atoms with E-state index in [1.165, 1.54) is 0 Å². The number of carbonyl (C=O) groups is 1. The van der Waals surface area contributed by atoms with Gasteiger partial charge in [-0.15, -0.1) is 0 Å². The van der Waals surface area contributed by atoms with Gasteiger partial charge in [0.2, 0.25) is 0 Å². The molecule has 1 heterocycles. The van der Waals surface area contributed by atoms with E-state index in [-0.39, 0.29) is 5.91 Å². The highest BCUT2D eigenvalue weighted by Crippen LogP contribution is 2.19. The molecule has 3 rings (SSSR count). The lowest BCUT2D eigenvalue weighted by Gasteiger charge is -2.20. The number of aromatic nitrogens is 1. The van der Waals surface area contributed by atoms with Gasteiger partial charge in [-0.05, 0) is 44.2 Å². The second-order valence-electron chi connectivity index (χ2n) is 5.95. The Labute approximate surface area is 152 Å². The summed E-state index contributed by atoms with van der Waals surface area (Å²) in [6.45, 7) is 4.07. The standard InChI is InChI=1S/C20H21N3O3/c1-14-19(15(2)26-22-14)13-25-18-11-7-8-16(12-18)20(24)21-23(3)17-9-5-4-6-10-17/h4-12H,13H2,1-3H3,(H,21,24). The molecular formula is C20H21N3O3. The van der Waals surface area contributed by atoms with Crippen LogP contribution in [0.15, 0.2) is 59.1 Å². The van der Waals surface area contributed by atoms with Gasteiger partial charge in [-0.1, -0.05) is 29.4 Å². The van der Waals surface area contributed by atoms with Crippen LogP contribution >= 0.6 is 0 Å². The third kappa shape index (κ3) is 4.03. The van der Waals surface area contributed by atoms with Crippen LogP contribution < -0.4 is 15.2 Å². The van der Waals surface area contributed by atoms with Gasteiger partial charge in [0.05, 0.1) is 16.9 Å². The Morgan fingerprint density at radius 2 is 1.92 bits per heavy atom. The Morgan fingerprint density at radius 1 is 1.15 bits per heavy atom. The number of hydrogen-bond acceptors (Lipinski definition) is 5. The summed E-state index contributed by atoms with van der Waals surface area (Å²) in [5.74, 6) is 1.14. The van der Waals surface area contributed by atoms with Gasteiger partial charge in [-0.25, -0.2) is 0 Å². The van der Waals surface area contributed by atoms with Crippen molar-refractivity contribution in [2.75, 3.05) is 12.1 Å². The molecule has 26 heavy (non-hydrogen) atoms. The molecule has 6 heteroatoms. The molecule has 0 aliphatic rings. The van der Waals surface area contributed by atoms with Crippen molar-refractivity contribution < 1.29 is 14.1 Å². The normalized spacial score (nSPS) is 10.4. The first-order valence-corrected chi connectivity index (χ1v) is 8.29. The maximum atomic E-state index is 12.5. The van der Waals surface area contributed by atoms with E-state index in [4.69, 9.17) is 9.26 Å². The molecule has 0 saturated carbocycles. The molecule has 0 bridgehead atoms. The summed E-state index contributed by atoms with van der Waals surface area (Å²) in [5.41, 5.74) is 5.98. The fraction of sp³-hybridized carbons (Fsp3) is 0.200. The predicted octanol–water partition coefficient (Wildman–Crippen LogP) is 3.65. The highest BCUT2D eigenvalue weighted by molar-refractivity contribution is 5.95. The molecule has 0 saturated heterocycles. The van der Waals surface area contributed by atoms with Crippen molar-refractivity contribution in [2.24, 2.45) is 0 Å². The lowest BCUT2D eigenvalue weighted by Crippen LogP contribution is -2.39. The zero-order chi connectivity index (χ0) is 18.5. The average molecular weight is 351 g/mol. The number of nitrogens with zero attached hydrogens (tertiary/aromatic N) is 2. The Bertz CT molecular complexity index is 871. The van der Waals surface area contributed by atoms with Gasteiger partial charge in [0.25, 0.3) is 5.91 Å². The molecule has 0 unspecified atom stereocenters. The van der Waals surface area contributed by atoms with Crippen molar-refractivity contribution in [3.8, 4) is 5.75 Å². The first-order valence-electron chi connectivity index (χ1n) is 8.29. The molecule has 134 valence electrons. The molecule has 0 fully saturated rings. The number of anilines is 1. The molecule has 3 aromatic rings. The minimum Gasteiger partial charge on any atom is -0.489 e. The number of rotatable bonds is 6. The van der Waals surface area contributed by atoms with Crippen LogP contribution in [-0.2, 0) is 6.61 Å². The lowest BCUT2D eigenvalue weighted by atomic mass is 10.2. The molecule has 0 atom stereocenters. The monoisotopic (exact) mass is 351 g/mol. The molecule has 6 nitrogen and oxygen atoms in total. The largest absolute Gasteiger partial charge is 0.489 e.